The number of hydrogen-bond acceptors (Lipinski definition) is 5. The third-order valence-electron chi connectivity index (χ3n) is 3.34. The van der Waals surface area contributed by atoms with E-state index < -0.39 is 5.43 Å². The van der Waals surface area contributed by atoms with E-state index in [1.807, 2.05) is 0 Å². The summed E-state index contributed by atoms with van der Waals surface area (Å²) in [5.41, 5.74) is 11.1. The largest absolute Gasteiger partial charge is 0.503 e. The van der Waals surface area contributed by atoms with Gasteiger partial charge in [0.05, 0.1) is 12.2 Å². The van der Waals surface area contributed by atoms with Crippen LogP contribution in [0.4, 0.5) is 0 Å². The molecule has 5 N–H and O–H groups in total. The molecule has 6 heteroatoms. The minimum Gasteiger partial charge on any atom is -0.503 e. The van der Waals surface area contributed by atoms with Gasteiger partial charge in [0.15, 0.2) is 11.5 Å². The summed E-state index contributed by atoms with van der Waals surface area (Å²) < 4.78 is 1.59. The van der Waals surface area contributed by atoms with Crippen LogP contribution in [-0.4, -0.2) is 28.0 Å². The zero-order valence-electron chi connectivity index (χ0n) is 11.8. The van der Waals surface area contributed by atoms with Gasteiger partial charge in [-0.3, -0.25) is 9.59 Å². The van der Waals surface area contributed by atoms with Gasteiger partial charge in [0.25, 0.3) is 0 Å². The number of carbonyl (C=O) groups excluding carboxylic acids is 1. The van der Waals surface area contributed by atoms with Crippen molar-refractivity contribution in [3.05, 3.63) is 28.2 Å². The number of pyridine rings is 1. The number of hydrogen-bond donors (Lipinski definition) is 3. The number of rotatable bonds is 8. The molecule has 0 amide bonds. The molecule has 0 aliphatic carbocycles. The van der Waals surface area contributed by atoms with Gasteiger partial charge < -0.3 is 21.1 Å². The first-order valence-electron chi connectivity index (χ1n) is 6.82. The van der Waals surface area contributed by atoms with Crippen molar-refractivity contribution in [2.45, 2.75) is 45.2 Å². The maximum atomic E-state index is 11.8. The predicted molar refractivity (Wildman–Crippen MR) is 77.6 cm³/mol. The molecule has 0 aromatic carbocycles. The summed E-state index contributed by atoms with van der Waals surface area (Å²) in [5.74, 6) is -0.230. The number of ketones is 1. The standard InChI is InChI=1S/C14H23N3O3/c1-10-14(20)13(19)6-7-17(10)9-12(18)5-3-2-4-11(16)8-15/h6-7,11,20H,2-5,8-9,15-16H2,1H3. The van der Waals surface area contributed by atoms with Gasteiger partial charge in [-0.15, -0.1) is 0 Å². The average Bonchev–Trinajstić information content (AvgIpc) is 2.44. The monoisotopic (exact) mass is 281 g/mol. The highest BCUT2D eigenvalue weighted by atomic mass is 16.3. The molecule has 0 saturated heterocycles. The van der Waals surface area contributed by atoms with Crippen LogP contribution in [0, 0.1) is 6.92 Å². The third kappa shape index (κ3) is 4.79. The molecule has 6 nitrogen and oxygen atoms in total. The van der Waals surface area contributed by atoms with Gasteiger partial charge in [-0.25, -0.2) is 0 Å². The lowest BCUT2D eigenvalue weighted by molar-refractivity contribution is -0.119. The van der Waals surface area contributed by atoms with Gasteiger partial charge in [-0.2, -0.15) is 0 Å². The van der Waals surface area contributed by atoms with Crippen molar-refractivity contribution in [3.63, 3.8) is 0 Å². The molecule has 20 heavy (non-hydrogen) atoms. The van der Waals surface area contributed by atoms with E-state index in [4.69, 9.17) is 11.5 Å². The molecule has 0 radical (unpaired) electrons. The fraction of sp³-hybridized carbons (Fsp3) is 0.571. The van der Waals surface area contributed by atoms with Gasteiger partial charge in [0.1, 0.15) is 0 Å². The van der Waals surface area contributed by atoms with Gasteiger partial charge in [-0.1, -0.05) is 6.42 Å². The van der Waals surface area contributed by atoms with Gasteiger partial charge in [0, 0.05) is 31.3 Å². The Morgan fingerprint density at radius 1 is 1.45 bits per heavy atom. The lowest BCUT2D eigenvalue weighted by Crippen LogP contribution is -2.29. The molecule has 0 fully saturated rings. The number of aromatic nitrogens is 1. The lowest BCUT2D eigenvalue weighted by Gasteiger charge is -2.11. The molecule has 1 aromatic heterocycles. The van der Waals surface area contributed by atoms with Crippen LogP contribution < -0.4 is 16.9 Å². The summed E-state index contributed by atoms with van der Waals surface area (Å²) in [7, 11) is 0. The zero-order chi connectivity index (χ0) is 15.1. The van der Waals surface area contributed by atoms with E-state index in [1.54, 1.807) is 11.5 Å². The van der Waals surface area contributed by atoms with Crippen LogP contribution in [0.3, 0.4) is 0 Å². The Balaban J connectivity index is 2.43. The van der Waals surface area contributed by atoms with Gasteiger partial charge >= 0.3 is 0 Å². The van der Waals surface area contributed by atoms with E-state index in [-0.39, 0.29) is 24.1 Å². The van der Waals surface area contributed by atoms with Crippen molar-refractivity contribution in [1.29, 1.82) is 0 Å². The summed E-state index contributed by atoms with van der Waals surface area (Å²) in [6.07, 6.45) is 4.46. The van der Waals surface area contributed by atoms with E-state index in [0.29, 0.717) is 18.7 Å². The van der Waals surface area contributed by atoms with Crippen molar-refractivity contribution >= 4 is 5.78 Å². The number of carbonyl (C=O) groups is 1. The highest BCUT2D eigenvalue weighted by molar-refractivity contribution is 5.78. The highest BCUT2D eigenvalue weighted by Gasteiger charge is 2.09. The second-order valence-corrected chi connectivity index (χ2v) is 5.02. The molecule has 1 rings (SSSR count). The quantitative estimate of drug-likeness (QED) is 0.592. The Bertz CT molecular complexity index is 511. The van der Waals surface area contributed by atoms with Crippen LogP contribution in [0.2, 0.25) is 0 Å². The molecule has 1 unspecified atom stereocenters. The topological polar surface area (TPSA) is 111 Å². The molecule has 1 aromatic rings. The van der Waals surface area contributed by atoms with Crippen molar-refractivity contribution < 1.29 is 9.90 Å². The number of nitrogens with zero attached hydrogens (tertiary/aromatic N) is 1. The predicted octanol–water partition coefficient (Wildman–Crippen LogP) is 0.278. The Labute approximate surface area is 118 Å². The first-order chi connectivity index (χ1) is 9.45. The molecule has 0 aliphatic rings. The molecule has 112 valence electrons. The minimum atomic E-state index is -0.429. The molecule has 0 bridgehead atoms. The number of Topliss-reactive ketones (excluding diaryl/α,β-unsaturated/α-hetero) is 1. The maximum Gasteiger partial charge on any atom is 0.223 e. The molecule has 0 aliphatic heterocycles. The maximum absolute atomic E-state index is 11.8. The van der Waals surface area contributed by atoms with Gasteiger partial charge in [-0.05, 0) is 19.8 Å². The van der Waals surface area contributed by atoms with E-state index >= 15 is 0 Å². The van der Waals surface area contributed by atoms with E-state index in [9.17, 15) is 14.7 Å². The summed E-state index contributed by atoms with van der Waals surface area (Å²) in [6.45, 7) is 2.25. The average molecular weight is 281 g/mol. The summed E-state index contributed by atoms with van der Waals surface area (Å²) >= 11 is 0. The van der Waals surface area contributed by atoms with Gasteiger partial charge in [0.2, 0.25) is 5.43 Å². The fourth-order valence-corrected chi connectivity index (χ4v) is 1.95. The summed E-state index contributed by atoms with van der Waals surface area (Å²) in [5, 5.41) is 9.53. The Morgan fingerprint density at radius 3 is 2.80 bits per heavy atom. The molecule has 0 spiro atoms. The number of unbranched alkanes of at least 4 members (excludes halogenated alkanes) is 1. The van der Waals surface area contributed by atoms with Crippen molar-refractivity contribution in [2.75, 3.05) is 6.54 Å². The molecule has 0 saturated carbocycles. The minimum absolute atomic E-state index is 0.00303. The zero-order valence-corrected chi connectivity index (χ0v) is 11.8. The van der Waals surface area contributed by atoms with E-state index in [0.717, 1.165) is 19.3 Å². The van der Waals surface area contributed by atoms with Crippen LogP contribution >= 0.6 is 0 Å². The molecule has 1 atom stereocenters. The van der Waals surface area contributed by atoms with E-state index in [2.05, 4.69) is 0 Å². The lowest BCUT2D eigenvalue weighted by atomic mass is 10.1. The first-order valence-corrected chi connectivity index (χ1v) is 6.82. The van der Waals surface area contributed by atoms with Crippen LogP contribution in [0.25, 0.3) is 0 Å². The van der Waals surface area contributed by atoms with E-state index in [1.165, 1.54) is 12.3 Å². The third-order valence-corrected chi connectivity index (χ3v) is 3.34. The van der Waals surface area contributed by atoms with Crippen molar-refractivity contribution in [1.82, 2.24) is 4.57 Å². The first kappa shape index (κ1) is 16.4. The van der Waals surface area contributed by atoms with Crippen LogP contribution in [0.1, 0.15) is 31.4 Å². The smallest absolute Gasteiger partial charge is 0.223 e. The number of nitrogens with two attached hydrogens (primary N) is 2. The highest BCUT2D eigenvalue weighted by Crippen LogP contribution is 2.10. The van der Waals surface area contributed by atoms with Crippen LogP contribution in [0.15, 0.2) is 17.1 Å². The Hall–Kier alpha value is -1.66. The Kier molecular flexibility index (Phi) is 6.41. The summed E-state index contributed by atoms with van der Waals surface area (Å²) in [4.78, 5) is 23.0. The molecule has 1 heterocycles. The molecular formula is C14H23N3O3. The summed E-state index contributed by atoms with van der Waals surface area (Å²) in [6, 6.07) is 1.26. The normalized spacial score (nSPS) is 12.3. The SMILES string of the molecule is Cc1c(O)c(=O)ccn1CC(=O)CCCCC(N)CN. The van der Waals surface area contributed by atoms with Crippen molar-refractivity contribution in [2.24, 2.45) is 11.5 Å². The number of aromatic hydroxyl groups is 1. The Morgan fingerprint density at radius 2 is 2.15 bits per heavy atom. The van der Waals surface area contributed by atoms with Crippen LogP contribution in [-0.2, 0) is 11.3 Å². The van der Waals surface area contributed by atoms with Crippen LogP contribution in [0.5, 0.6) is 5.75 Å². The molecular weight excluding hydrogens is 258 g/mol. The fourth-order valence-electron chi connectivity index (χ4n) is 1.95. The van der Waals surface area contributed by atoms with Crippen molar-refractivity contribution in [3.8, 4) is 5.75 Å². The second-order valence-electron chi connectivity index (χ2n) is 5.02. The second kappa shape index (κ2) is 7.81.